The lowest BCUT2D eigenvalue weighted by Crippen LogP contribution is -2.18. The number of unbranched alkanes of at least 4 members (excludes halogenated alkanes) is 14. The molecule has 0 bridgehead atoms. The number of amides is 1. The van der Waals surface area contributed by atoms with Gasteiger partial charge in [0.15, 0.2) is 0 Å². The molecule has 0 aromatic heterocycles. The van der Waals surface area contributed by atoms with E-state index in [2.05, 4.69) is 44.3 Å². The van der Waals surface area contributed by atoms with Gasteiger partial charge in [0.05, 0.1) is 0 Å². The number of anilines is 1. The normalized spacial score (nSPS) is 11.1. The van der Waals surface area contributed by atoms with Gasteiger partial charge in [-0.2, -0.15) is 0 Å². The summed E-state index contributed by atoms with van der Waals surface area (Å²) in [4.78, 5) is 12.9. The Hall–Kier alpha value is -2.29. The first-order valence-electron chi connectivity index (χ1n) is 15.7. The molecule has 38 heavy (non-hydrogen) atoms. The standard InChI is InChI=1S/C35H55NO2/c1-5-7-9-11-13-15-17-19-24-31-25-22-28-34(32(31)26-20-18-16-14-12-10-8-6-2)38-35(37)36-33-27-21-23-29(3)30(33)4/h21-23,25,27-28H,5-20,24,26H2,1-4H3,(H,36,37). The number of hydrogen-bond donors (Lipinski definition) is 1. The summed E-state index contributed by atoms with van der Waals surface area (Å²) in [5, 5.41) is 2.97. The van der Waals surface area contributed by atoms with Gasteiger partial charge in [-0.1, -0.05) is 128 Å². The van der Waals surface area contributed by atoms with Crippen LogP contribution in [0.25, 0.3) is 0 Å². The Bertz CT molecular complexity index is 920. The summed E-state index contributed by atoms with van der Waals surface area (Å²) >= 11 is 0. The molecule has 0 fully saturated rings. The van der Waals surface area contributed by atoms with Crippen LogP contribution in [0.1, 0.15) is 139 Å². The zero-order chi connectivity index (χ0) is 27.4. The van der Waals surface area contributed by atoms with Gasteiger partial charge < -0.3 is 4.74 Å². The molecule has 0 radical (unpaired) electrons. The molecule has 0 aliphatic heterocycles. The van der Waals surface area contributed by atoms with Gasteiger partial charge in [0, 0.05) is 5.69 Å². The summed E-state index contributed by atoms with van der Waals surface area (Å²) in [5.41, 5.74) is 5.64. The van der Waals surface area contributed by atoms with Crippen LogP contribution < -0.4 is 10.1 Å². The van der Waals surface area contributed by atoms with Crippen LogP contribution in [0, 0.1) is 13.8 Å². The number of hydrogen-bond acceptors (Lipinski definition) is 2. The molecular weight excluding hydrogens is 466 g/mol. The molecule has 2 aromatic carbocycles. The van der Waals surface area contributed by atoms with Gasteiger partial charge in [-0.05, 0) is 73.9 Å². The van der Waals surface area contributed by atoms with E-state index in [4.69, 9.17) is 4.74 Å². The zero-order valence-electron chi connectivity index (χ0n) is 25.0. The lowest BCUT2D eigenvalue weighted by molar-refractivity contribution is 0.214. The van der Waals surface area contributed by atoms with E-state index in [9.17, 15) is 4.79 Å². The Labute approximate surface area is 234 Å². The van der Waals surface area contributed by atoms with Crippen molar-refractivity contribution in [2.75, 3.05) is 5.32 Å². The highest BCUT2D eigenvalue weighted by atomic mass is 16.6. The second-order valence-electron chi connectivity index (χ2n) is 11.1. The molecule has 0 aliphatic carbocycles. The van der Waals surface area contributed by atoms with Crippen LogP contribution in [-0.4, -0.2) is 6.09 Å². The Morgan fingerprint density at radius 2 is 1.18 bits per heavy atom. The molecule has 212 valence electrons. The highest BCUT2D eigenvalue weighted by Gasteiger charge is 2.14. The van der Waals surface area contributed by atoms with Crippen molar-refractivity contribution in [3.8, 4) is 5.75 Å². The van der Waals surface area contributed by atoms with Crippen molar-refractivity contribution in [1.82, 2.24) is 0 Å². The zero-order valence-corrected chi connectivity index (χ0v) is 25.0. The van der Waals surface area contributed by atoms with Crippen LogP contribution in [0.5, 0.6) is 5.75 Å². The Kier molecular flexibility index (Phi) is 16.6. The third-order valence-electron chi connectivity index (χ3n) is 7.85. The number of carbonyl (C=O) groups is 1. The molecule has 0 saturated carbocycles. The summed E-state index contributed by atoms with van der Waals surface area (Å²) in [6, 6.07) is 12.2. The maximum Gasteiger partial charge on any atom is 0.417 e. The molecule has 2 aromatic rings. The quantitative estimate of drug-likeness (QED) is 0.176. The number of nitrogens with one attached hydrogen (secondary N) is 1. The van der Waals surface area contributed by atoms with Crippen LogP contribution in [-0.2, 0) is 12.8 Å². The summed E-state index contributed by atoms with van der Waals surface area (Å²) in [6.45, 7) is 8.63. The van der Waals surface area contributed by atoms with Crippen molar-refractivity contribution in [3.63, 3.8) is 0 Å². The predicted octanol–water partition coefficient (Wildman–Crippen LogP) is 11.3. The molecule has 1 amide bonds. The molecule has 0 spiro atoms. The van der Waals surface area contributed by atoms with Gasteiger partial charge in [-0.3, -0.25) is 5.32 Å². The van der Waals surface area contributed by atoms with Crippen LogP contribution >= 0.6 is 0 Å². The van der Waals surface area contributed by atoms with Crippen LogP contribution in [0.3, 0.4) is 0 Å². The first-order valence-corrected chi connectivity index (χ1v) is 15.7. The third-order valence-corrected chi connectivity index (χ3v) is 7.85. The highest BCUT2D eigenvalue weighted by Crippen LogP contribution is 2.28. The lowest BCUT2D eigenvalue weighted by Gasteiger charge is -2.16. The van der Waals surface area contributed by atoms with E-state index in [0.29, 0.717) is 0 Å². The summed E-state index contributed by atoms with van der Waals surface area (Å²) in [6.07, 6.45) is 22.6. The predicted molar refractivity (Wildman–Crippen MR) is 165 cm³/mol. The van der Waals surface area contributed by atoms with Crippen LogP contribution in [0.4, 0.5) is 10.5 Å². The molecule has 3 nitrogen and oxygen atoms in total. The average molecular weight is 522 g/mol. The Morgan fingerprint density at radius 3 is 1.79 bits per heavy atom. The molecule has 2 rings (SSSR count). The average Bonchev–Trinajstić information content (AvgIpc) is 2.91. The second-order valence-corrected chi connectivity index (χ2v) is 11.1. The molecule has 0 unspecified atom stereocenters. The first-order chi connectivity index (χ1) is 18.6. The fraction of sp³-hybridized carbons (Fsp3) is 0.629. The molecule has 0 saturated heterocycles. The van der Waals surface area contributed by atoms with E-state index in [0.717, 1.165) is 41.8 Å². The molecule has 0 aliphatic rings. The van der Waals surface area contributed by atoms with Gasteiger partial charge in [-0.25, -0.2) is 4.79 Å². The van der Waals surface area contributed by atoms with Crippen LogP contribution in [0.2, 0.25) is 0 Å². The van der Waals surface area contributed by atoms with E-state index in [1.54, 1.807) is 0 Å². The van der Waals surface area contributed by atoms with Gasteiger partial charge in [0.25, 0.3) is 0 Å². The minimum absolute atomic E-state index is 0.403. The molecule has 0 atom stereocenters. The maximum absolute atomic E-state index is 12.9. The molecule has 3 heteroatoms. The fourth-order valence-corrected chi connectivity index (χ4v) is 5.23. The Balaban J connectivity index is 1.97. The number of benzene rings is 2. The largest absolute Gasteiger partial charge is 0.417 e. The highest BCUT2D eigenvalue weighted by molar-refractivity contribution is 5.87. The lowest BCUT2D eigenvalue weighted by atomic mass is 9.95. The van der Waals surface area contributed by atoms with E-state index >= 15 is 0 Å². The summed E-state index contributed by atoms with van der Waals surface area (Å²) in [7, 11) is 0. The Morgan fingerprint density at radius 1 is 0.658 bits per heavy atom. The fourth-order valence-electron chi connectivity index (χ4n) is 5.23. The van der Waals surface area contributed by atoms with E-state index in [1.165, 1.54) is 107 Å². The molecule has 0 heterocycles. The van der Waals surface area contributed by atoms with Gasteiger partial charge in [0.2, 0.25) is 0 Å². The minimum Gasteiger partial charge on any atom is -0.410 e. The van der Waals surface area contributed by atoms with Crippen molar-refractivity contribution < 1.29 is 9.53 Å². The number of carbonyl (C=O) groups excluding carboxylic acids is 1. The van der Waals surface area contributed by atoms with Gasteiger partial charge in [0.1, 0.15) is 5.75 Å². The second kappa shape index (κ2) is 19.7. The van der Waals surface area contributed by atoms with Crippen molar-refractivity contribution >= 4 is 11.8 Å². The van der Waals surface area contributed by atoms with Crippen molar-refractivity contribution in [3.05, 3.63) is 58.7 Å². The first kappa shape index (κ1) is 31.9. The van der Waals surface area contributed by atoms with Crippen molar-refractivity contribution in [2.45, 2.75) is 143 Å². The van der Waals surface area contributed by atoms with Gasteiger partial charge >= 0.3 is 6.09 Å². The van der Waals surface area contributed by atoms with E-state index in [1.807, 2.05) is 25.1 Å². The SMILES string of the molecule is CCCCCCCCCCc1cccc(OC(=O)Nc2cccc(C)c2C)c1CCCCCCCCCC. The third kappa shape index (κ3) is 12.5. The van der Waals surface area contributed by atoms with Crippen LogP contribution in [0.15, 0.2) is 36.4 Å². The smallest absolute Gasteiger partial charge is 0.410 e. The number of aryl methyl sites for hydroxylation is 2. The maximum atomic E-state index is 12.9. The summed E-state index contributed by atoms with van der Waals surface area (Å²) < 4.78 is 5.94. The molecular formula is C35H55NO2. The number of rotatable bonds is 20. The monoisotopic (exact) mass is 521 g/mol. The van der Waals surface area contributed by atoms with Crippen molar-refractivity contribution in [1.29, 1.82) is 0 Å². The van der Waals surface area contributed by atoms with Crippen molar-refractivity contribution in [2.24, 2.45) is 0 Å². The minimum atomic E-state index is -0.403. The van der Waals surface area contributed by atoms with Gasteiger partial charge in [-0.15, -0.1) is 0 Å². The number of ether oxygens (including phenoxy) is 1. The van der Waals surface area contributed by atoms with E-state index < -0.39 is 6.09 Å². The topological polar surface area (TPSA) is 38.3 Å². The molecule has 1 N–H and O–H groups in total. The summed E-state index contributed by atoms with van der Waals surface area (Å²) in [5.74, 6) is 0.729. The van der Waals surface area contributed by atoms with E-state index in [-0.39, 0.29) is 0 Å².